The minimum atomic E-state index is -0.939. The highest BCUT2D eigenvalue weighted by atomic mass is 19.1. The number of aromatic hydroxyl groups is 1. The van der Waals surface area contributed by atoms with Crippen LogP contribution in [0.25, 0.3) is 0 Å². The van der Waals surface area contributed by atoms with E-state index in [1.54, 1.807) is 4.90 Å². The minimum Gasteiger partial charge on any atom is -0.502 e. The molecule has 1 amide bonds. The molecule has 0 radical (unpaired) electrons. The Labute approximate surface area is 218 Å². The van der Waals surface area contributed by atoms with Crippen molar-refractivity contribution in [3.8, 4) is 5.75 Å². The fraction of sp³-hybridized carbons (Fsp3) is 0.321. The predicted molar refractivity (Wildman–Crippen MR) is 137 cm³/mol. The molecule has 2 aliphatic heterocycles. The Morgan fingerprint density at radius 1 is 1.08 bits per heavy atom. The molecule has 0 saturated carbocycles. The van der Waals surface area contributed by atoms with Crippen molar-refractivity contribution in [2.45, 2.75) is 32.5 Å². The van der Waals surface area contributed by atoms with Crippen LogP contribution in [0.15, 0.2) is 59.5 Å². The summed E-state index contributed by atoms with van der Waals surface area (Å²) in [5.74, 6) is -3.37. The number of aryl methyl sites for hydroxylation is 1. The zero-order valence-corrected chi connectivity index (χ0v) is 20.9. The molecule has 198 valence electrons. The van der Waals surface area contributed by atoms with Crippen LogP contribution in [0.1, 0.15) is 45.3 Å². The lowest BCUT2D eigenvalue weighted by atomic mass is 10.0. The quantitative estimate of drug-likeness (QED) is 0.481. The van der Waals surface area contributed by atoms with Crippen molar-refractivity contribution < 1.29 is 23.5 Å². The number of likely N-dealkylation sites (N-methyl/N-ethyl adjacent to an activating group) is 1. The largest absolute Gasteiger partial charge is 0.502 e. The maximum atomic E-state index is 14.0. The molecule has 2 aromatic carbocycles. The van der Waals surface area contributed by atoms with Crippen LogP contribution in [-0.2, 0) is 13.0 Å². The summed E-state index contributed by atoms with van der Waals surface area (Å²) < 4.78 is 28.7. The fourth-order valence-electron chi connectivity index (χ4n) is 5.23. The minimum absolute atomic E-state index is 0.0454. The number of fused-ring (bicyclic) bond motifs is 3. The monoisotopic (exact) mass is 522 g/mol. The predicted octanol–water partition coefficient (Wildman–Crippen LogP) is 2.90. The van der Waals surface area contributed by atoms with Crippen molar-refractivity contribution in [2.75, 3.05) is 31.2 Å². The molecular weight excluding hydrogens is 494 g/mol. The van der Waals surface area contributed by atoms with Gasteiger partial charge in [0.15, 0.2) is 17.2 Å². The van der Waals surface area contributed by atoms with E-state index >= 15 is 0 Å². The SMILES string of the molecule is CCN1C(=O)c2c(O)c(=O)c(C(=O)CCc3ccc(F)cc3F)cn2N2CCN(Cc3ccccc3)C[C@@H]12. The molecule has 0 bridgehead atoms. The summed E-state index contributed by atoms with van der Waals surface area (Å²) in [6, 6.07) is 13.1. The van der Waals surface area contributed by atoms with Crippen LogP contribution in [-0.4, -0.2) is 63.6 Å². The first-order valence-corrected chi connectivity index (χ1v) is 12.6. The van der Waals surface area contributed by atoms with Crippen molar-refractivity contribution in [1.82, 2.24) is 14.5 Å². The van der Waals surface area contributed by atoms with E-state index in [1.165, 1.54) is 16.9 Å². The van der Waals surface area contributed by atoms with Crippen LogP contribution < -0.4 is 10.4 Å². The molecule has 3 heterocycles. The number of hydrogen-bond acceptors (Lipinski definition) is 6. The van der Waals surface area contributed by atoms with E-state index in [1.807, 2.05) is 42.3 Å². The number of carbonyl (C=O) groups excluding carboxylic acids is 2. The maximum absolute atomic E-state index is 14.0. The summed E-state index contributed by atoms with van der Waals surface area (Å²) in [5.41, 5.74) is -0.0992. The molecule has 0 aliphatic carbocycles. The summed E-state index contributed by atoms with van der Waals surface area (Å²) in [7, 11) is 0. The third kappa shape index (κ3) is 4.67. The third-order valence-electron chi connectivity index (χ3n) is 7.20. The average Bonchev–Trinajstić information content (AvgIpc) is 2.90. The number of hydrogen-bond donors (Lipinski definition) is 1. The van der Waals surface area contributed by atoms with Crippen LogP contribution in [0.2, 0.25) is 0 Å². The molecule has 1 N–H and O–H groups in total. The van der Waals surface area contributed by atoms with Crippen molar-refractivity contribution in [2.24, 2.45) is 0 Å². The van der Waals surface area contributed by atoms with Crippen LogP contribution in [0.5, 0.6) is 5.75 Å². The number of piperazine rings is 1. The van der Waals surface area contributed by atoms with Crippen molar-refractivity contribution in [3.63, 3.8) is 0 Å². The van der Waals surface area contributed by atoms with Gasteiger partial charge in [-0.15, -0.1) is 0 Å². The highest BCUT2D eigenvalue weighted by Crippen LogP contribution is 2.27. The van der Waals surface area contributed by atoms with E-state index in [-0.39, 0.29) is 35.8 Å². The Morgan fingerprint density at radius 2 is 1.84 bits per heavy atom. The van der Waals surface area contributed by atoms with Gasteiger partial charge in [0.2, 0.25) is 5.43 Å². The molecule has 1 aromatic heterocycles. The molecule has 38 heavy (non-hydrogen) atoms. The number of Topliss-reactive ketones (excluding diaryl/α,β-unsaturated/α-hetero) is 1. The summed E-state index contributed by atoms with van der Waals surface area (Å²) in [4.78, 5) is 43.2. The Kier molecular flexibility index (Phi) is 6.98. The van der Waals surface area contributed by atoms with E-state index in [0.717, 1.165) is 17.7 Å². The molecular formula is C28H28F2N4O4. The van der Waals surface area contributed by atoms with Gasteiger partial charge in [-0.3, -0.25) is 29.0 Å². The molecule has 2 aliphatic rings. The molecule has 10 heteroatoms. The van der Waals surface area contributed by atoms with Gasteiger partial charge in [0, 0.05) is 51.4 Å². The molecule has 5 rings (SSSR count). The summed E-state index contributed by atoms with van der Waals surface area (Å²) in [5, 5.41) is 12.7. The van der Waals surface area contributed by atoms with E-state index in [9.17, 15) is 28.3 Å². The number of amides is 1. The van der Waals surface area contributed by atoms with E-state index in [0.29, 0.717) is 32.7 Å². The van der Waals surface area contributed by atoms with Crippen LogP contribution >= 0.6 is 0 Å². The smallest absolute Gasteiger partial charge is 0.278 e. The number of aromatic nitrogens is 1. The molecule has 1 atom stereocenters. The van der Waals surface area contributed by atoms with Gasteiger partial charge in [0.05, 0.1) is 5.56 Å². The second-order valence-electron chi connectivity index (χ2n) is 9.53. The van der Waals surface area contributed by atoms with E-state index in [4.69, 9.17) is 0 Å². The Morgan fingerprint density at radius 3 is 2.55 bits per heavy atom. The molecule has 8 nitrogen and oxygen atoms in total. The van der Waals surface area contributed by atoms with Crippen molar-refractivity contribution in [3.05, 3.63) is 99.0 Å². The highest BCUT2D eigenvalue weighted by molar-refractivity contribution is 6.00. The second-order valence-corrected chi connectivity index (χ2v) is 9.53. The van der Waals surface area contributed by atoms with Crippen LogP contribution in [0, 0.1) is 11.6 Å². The standard InChI is InChI=1S/C28H28F2N4O4/c1-2-32-24-17-31(15-18-6-4-3-5-7-18)12-13-33(24)34-16-21(26(36)27(37)25(34)28(32)38)23(35)11-9-19-8-10-20(29)14-22(19)30/h3-8,10,14,16,24,37H,2,9,11-13,15,17H2,1H3/t24-/m0/s1. The molecule has 1 saturated heterocycles. The maximum Gasteiger partial charge on any atom is 0.278 e. The normalized spacial score (nSPS) is 17.3. The number of rotatable bonds is 7. The van der Waals surface area contributed by atoms with Gasteiger partial charge in [0.1, 0.15) is 17.8 Å². The summed E-state index contributed by atoms with van der Waals surface area (Å²) in [6.45, 7) is 4.61. The zero-order valence-electron chi connectivity index (χ0n) is 20.9. The van der Waals surface area contributed by atoms with Gasteiger partial charge in [-0.1, -0.05) is 36.4 Å². The Balaban J connectivity index is 1.43. The molecule has 3 aromatic rings. The Hall–Kier alpha value is -4.05. The van der Waals surface area contributed by atoms with Crippen LogP contribution in [0.3, 0.4) is 0 Å². The lowest BCUT2D eigenvalue weighted by Crippen LogP contribution is -2.68. The van der Waals surface area contributed by atoms with E-state index in [2.05, 4.69) is 4.90 Å². The molecule has 1 fully saturated rings. The number of ketones is 1. The Bertz CT molecular complexity index is 1440. The first kappa shape index (κ1) is 25.6. The number of nitrogens with zero attached hydrogens (tertiary/aromatic N) is 4. The molecule has 0 spiro atoms. The van der Waals surface area contributed by atoms with Crippen molar-refractivity contribution in [1.29, 1.82) is 0 Å². The van der Waals surface area contributed by atoms with Gasteiger partial charge in [-0.05, 0) is 30.5 Å². The van der Waals surface area contributed by atoms with Crippen LogP contribution in [0.4, 0.5) is 8.78 Å². The first-order valence-electron chi connectivity index (χ1n) is 12.6. The number of pyridine rings is 1. The lowest BCUT2D eigenvalue weighted by Gasteiger charge is -2.51. The van der Waals surface area contributed by atoms with Gasteiger partial charge in [0.25, 0.3) is 5.91 Å². The third-order valence-corrected chi connectivity index (χ3v) is 7.20. The summed E-state index contributed by atoms with van der Waals surface area (Å²) >= 11 is 0. The number of benzene rings is 2. The average molecular weight is 523 g/mol. The molecule has 0 unspecified atom stereocenters. The van der Waals surface area contributed by atoms with Gasteiger partial charge >= 0.3 is 0 Å². The number of carbonyl (C=O) groups is 2. The topological polar surface area (TPSA) is 86.1 Å². The van der Waals surface area contributed by atoms with Crippen molar-refractivity contribution >= 4 is 11.7 Å². The van der Waals surface area contributed by atoms with Gasteiger partial charge < -0.3 is 10.0 Å². The zero-order chi connectivity index (χ0) is 27.0. The van der Waals surface area contributed by atoms with E-state index < -0.39 is 34.5 Å². The first-order chi connectivity index (χ1) is 18.3. The fourth-order valence-corrected chi connectivity index (χ4v) is 5.23. The number of halogens is 2. The highest BCUT2D eigenvalue weighted by Gasteiger charge is 2.42. The summed E-state index contributed by atoms with van der Waals surface area (Å²) in [6.07, 6.45) is 0.678. The lowest BCUT2D eigenvalue weighted by molar-refractivity contribution is 0.0413. The second kappa shape index (κ2) is 10.4. The van der Waals surface area contributed by atoms with Gasteiger partial charge in [-0.2, -0.15) is 0 Å². The van der Waals surface area contributed by atoms with Gasteiger partial charge in [-0.25, -0.2) is 8.78 Å².